The van der Waals surface area contributed by atoms with Crippen molar-refractivity contribution < 1.29 is 9.47 Å². The first-order valence-corrected chi connectivity index (χ1v) is 9.75. The Labute approximate surface area is 169 Å². The largest absolute Gasteiger partial charge is 0.496 e. The van der Waals surface area contributed by atoms with Crippen molar-refractivity contribution in [1.29, 1.82) is 0 Å². The number of fused-ring (bicyclic) bond motifs is 1. The van der Waals surface area contributed by atoms with Gasteiger partial charge < -0.3 is 14.4 Å². The summed E-state index contributed by atoms with van der Waals surface area (Å²) in [5, 5.41) is 4.73. The predicted octanol–water partition coefficient (Wildman–Crippen LogP) is 3.91. The van der Waals surface area contributed by atoms with Crippen molar-refractivity contribution in [2.75, 3.05) is 38.3 Å². The Bertz CT molecular complexity index is 1150. The zero-order chi connectivity index (χ0) is 19.6. The molecule has 1 saturated heterocycles. The highest BCUT2D eigenvalue weighted by Gasteiger charge is 2.16. The number of benzene rings is 2. The summed E-state index contributed by atoms with van der Waals surface area (Å²) in [5.41, 5.74) is 4.98. The fourth-order valence-corrected chi connectivity index (χ4v) is 3.77. The van der Waals surface area contributed by atoms with Gasteiger partial charge in [-0.1, -0.05) is 30.3 Å². The Morgan fingerprint density at radius 3 is 2.62 bits per heavy atom. The average Bonchev–Trinajstić information content (AvgIpc) is 3.24. The number of morpholine rings is 1. The van der Waals surface area contributed by atoms with Crippen molar-refractivity contribution in [2.24, 2.45) is 0 Å². The maximum Gasteiger partial charge on any atom is 0.182 e. The molecular formula is C23H22N4O2. The predicted molar refractivity (Wildman–Crippen MR) is 113 cm³/mol. The second-order valence-electron chi connectivity index (χ2n) is 6.98. The Balaban J connectivity index is 1.58. The molecule has 1 aliphatic heterocycles. The van der Waals surface area contributed by atoms with E-state index < -0.39 is 0 Å². The minimum atomic E-state index is 0.711. The molecule has 0 atom stereocenters. The summed E-state index contributed by atoms with van der Waals surface area (Å²) in [4.78, 5) is 7.21. The summed E-state index contributed by atoms with van der Waals surface area (Å²) in [6, 6.07) is 20.4. The van der Waals surface area contributed by atoms with Gasteiger partial charge in [-0.2, -0.15) is 0 Å². The van der Waals surface area contributed by atoms with E-state index in [1.54, 1.807) is 7.11 Å². The van der Waals surface area contributed by atoms with Gasteiger partial charge in [0, 0.05) is 41.7 Å². The van der Waals surface area contributed by atoms with E-state index in [2.05, 4.69) is 35.2 Å². The van der Waals surface area contributed by atoms with Crippen LogP contribution in [0.4, 0.5) is 5.69 Å². The van der Waals surface area contributed by atoms with Gasteiger partial charge in [-0.25, -0.2) is 9.50 Å². The number of pyridine rings is 1. The van der Waals surface area contributed by atoms with Crippen LogP contribution in [-0.2, 0) is 4.74 Å². The smallest absolute Gasteiger partial charge is 0.182 e. The maximum atomic E-state index is 5.55. The van der Waals surface area contributed by atoms with Crippen LogP contribution in [0.2, 0.25) is 0 Å². The second kappa shape index (κ2) is 7.56. The van der Waals surface area contributed by atoms with Crippen LogP contribution in [0.25, 0.3) is 28.2 Å². The molecule has 4 aromatic rings. The van der Waals surface area contributed by atoms with Gasteiger partial charge in [0.15, 0.2) is 11.5 Å². The number of hydrogen-bond donors (Lipinski definition) is 0. The molecule has 3 heterocycles. The maximum absolute atomic E-state index is 5.55. The van der Waals surface area contributed by atoms with Gasteiger partial charge in [-0.3, -0.25) is 0 Å². The summed E-state index contributed by atoms with van der Waals surface area (Å²) >= 11 is 0. The summed E-state index contributed by atoms with van der Waals surface area (Å²) < 4.78 is 12.9. The van der Waals surface area contributed by atoms with Crippen LogP contribution in [0.3, 0.4) is 0 Å². The molecular weight excluding hydrogens is 364 g/mol. The van der Waals surface area contributed by atoms with Crippen LogP contribution in [0.1, 0.15) is 0 Å². The van der Waals surface area contributed by atoms with E-state index in [1.165, 1.54) is 5.69 Å². The van der Waals surface area contributed by atoms with Gasteiger partial charge in [-0.15, -0.1) is 5.10 Å². The number of para-hydroxylation sites is 1. The normalized spacial score (nSPS) is 14.3. The fraction of sp³-hybridized carbons (Fsp3) is 0.217. The Morgan fingerprint density at radius 1 is 0.931 bits per heavy atom. The first kappa shape index (κ1) is 17.7. The SMILES string of the molecule is COc1ccccc1-c1cccn2nc(-c3cccc(N4CCOCC4)c3)nc12. The van der Waals surface area contributed by atoms with Crippen LogP contribution >= 0.6 is 0 Å². The molecule has 6 nitrogen and oxygen atoms in total. The van der Waals surface area contributed by atoms with Crippen LogP contribution < -0.4 is 9.64 Å². The Kier molecular flexibility index (Phi) is 4.62. The molecule has 0 radical (unpaired) electrons. The zero-order valence-corrected chi connectivity index (χ0v) is 16.3. The topological polar surface area (TPSA) is 51.9 Å². The van der Waals surface area contributed by atoms with Crippen LogP contribution in [0.15, 0.2) is 66.9 Å². The minimum Gasteiger partial charge on any atom is -0.496 e. The van der Waals surface area contributed by atoms with Gasteiger partial charge in [0.05, 0.1) is 20.3 Å². The minimum absolute atomic E-state index is 0.711. The van der Waals surface area contributed by atoms with E-state index in [1.807, 2.05) is 41.0 Å². The number of hydrogen-bond acceptors (Lipinski definition) is 5. The van der Waals surface area contributed by atoms with Crippen molar-refractivity contribution in [3.05, 3.63) is 66.9 Å². The summed E-state index contributed by atoms with van der Waals surface area (Å²) in [6.07, 6.45) is 1.93. The molecule has 146 valence electrons. The van der Waals surface area contributed by atoms with Gasteiger partial charge in [0.25, 0.3) is 0 Å². The molecule has 0 spiro atoms. The lowest BCUT2D eigenvalue weighted by Gasteiger charge is -2.29. The monoisotopic (exact) mass is 386 g/mol. The second-order valence-corrected chi connectivity index (χ2v) is 6.98. The van der Waals surface area contributed by atoms with Crippen molar-refractivity contribution in [2.45, 2.75) is 0 Å². The first-order valence-electron chi connectivity index (χ1n) is 9.75. The quantitative estimate of drug-likeness (QED) is 0.532. The number of nitrogens with zero attached hydrogens (tertiary/aromatic N) is 4. The molecule has 0 unspecified atom stereocenters. The lowest BCUT2D eigenvalue weighted by Crippen LogP contribution is -2.36. The molecule has 1 aliphatic rings. The van der Waals surface area contributed by atoms with Crippen molar-refractivity contribution in [3.63, 3.8) is 0 Å². The molecule has 0 bridgehead atoms. The lowest BCUT2D eigenvalue weighted by molar-refractivity contribution is 0.122. The Hall–Kier alpha value is -3.38. The van der Waals surface area contributed by atoms with Gasteiger partial charge in [0.2, 0.25) is 0 Å². The molecule has 2 aromatic carbocycles. The van der Waals surface area contributed by atoms with Gasteiger partial charge in [-0.05, 0) is 30.3 Å². The zero-order valence-electron chi connectivity index (χ0n) is 16.3. The van der Waals surface area contributed by atoms with E-state index in [0.29, 0.717) is 5.82 Å². The molecule has 0 saturated carbocycles. The van der Waals surface area contributed by atoms with E-state index in [0.717, 1.165) is 54.4 Å². The van der Waals surface area contributed by atoms with E-state index in [4.69, 9.17) is 19.6 Å². The lowest BCUT2D eigenvalue weighted by atomic mass is 10.1. The molecule has 0 aliphatic carbocycles. The number of methoxy groups -OCH3 is 1. The molecule has 0 N–H and O–H groups in total. The molecule has 5 rings (SSSR count). The van der Waals surface area contributed by atoms with Gasteiger partial charge >= 0.3 is 0 Å². The molecule has 2 aromatic heterocycles. The number of rotatable bonds is 4. The average molecular weight is 386 g/mol. The Morgan fingerprint density at radius 2 is 1.76 bits per heavy atom. The van der Waals surface area contributed by atoms with Crippen LogP contribution in [-0.4, -0.2) is 48.0 Å². The summed E-state index contributed by atoms with van der Waals surface area (Å²) in [7, 11) is 1.69. The third kappa shape index (κ3) is 3.32. The van der Waals surface area contributed by atoms with Crippen molar-refractivity contribution in [1.82, 2.24) is 14.6 Å². The van der Waals surface area contributed by atoms with Crippen molar-refractivity contribution >= 4 is 11.3 Å². The highest BCUT2D eigenvalue weighted by atomic mass is 16.5. The van der Waals surface area contributed by atoms with Gasteiger partial charge in [0.1, 0.15) is 5.75 Å². The van der Waals surface area contributed by atoms with E-state index in [-0.39, 0.29) is 0 Å². The molecule has 29 heavy (non-hydrogen) atoms. The number of anilines is 1. The number of ether oxygens (including phenoxy) is 2. The molecule has 6 heteroatoms. The van der Waals surface area contributed by atoms with E-state index >= 15 is 0 Å². The van der Waals surface area contributed by atoms with Crippen LogP contribution in [0, 0.1) is 0 Å². The van der Waals surface area contributed by atoms with Crippen molar-refractivity contribution in [3.8, 4) is 28.3 Å². The van der Waals surface area contributed by atoms with Crippen LogP contribution in [0.5, 0.6) is 5.75 Å². The summed E-state index contributed by atoms with van der Waals surface area (Å²) in [6.45, 7) is 3.33. The highest BCUT2D eigenvalue weighted by molar-refractivity contribution is 5.82. The number of aromatic nitrogens is 3. The first-order chi connectivity index (χ1) is 14.3. The molecule has 0 amide bonds. The fourth-order valence-electron chi connectivity index (χ4n) is 3.77. The third-order valence-corrected chi connectivity index (χ3v) is 5.24. The highest BCUT2D eigenvalue weighted by Crippen LogP contribution is 2.33. The standard InChI is InChI=1S/C23H22N4O2/c1-28-21-10-3-2-8-19(21)20-9-5-11-27-23(20)24-22(25-27)17-6-4-7-18(16-17)26-12-14-29-15-13-26/h2-11,16H,12-15H2,1H3. The summed E-state index contributed by atoms with van der Waals surface area (Å²) in [5.74, 6) is 1.53. The third-order valence-electron chi connectivity index (χ3n) is 5.24. The molecule has 1 fully saturated rings. The van der Waals surface area contributed by atoms with E-state index in [9.17, 15) is 0 Å².